The third-order valence-corrected chi connectivity index (χ3v) is 4.26. The van der Waals surface area contributed by atoms with E-state index in [1.165, 1.54) is 12.1 Å². The SMILES string of the molecule is Cc1cnc([C@H]2CCN(Cc3csc(C)n3)C2)[nH]1. The van der Waals surface area contributed by atoms with Gasteiger partial charge >= 0.3 is 0 Å². The molecule has 3 rings (SSSR count). The molecule has 1 atom stereocenters. The van der Waals surface area contributed by atoms with Crippen molar-refractivity contribution in [3.63, 3.8) is 0 Å². The fourth-order valence-corrected chi connectivity index (χ4v) is 3.15. The van der Waals surface area contributed by atoms with Crippen molar-refractivity contribution in [2.24, 2.45) is 0 Å². The molecule has 0 aliphatic carbocycles. The van der Waals surface area contributed by atoms with E-state index in [0.29, 0.717) is 5.92 Å². The van der Waals surface area contributed by atoms with Crippen LogP contribution in [-0.4, -0.2) is 32.9 Å². The predicted molar refractivity (Wildman–Crippen MR) is 72.8 cm³/mol. The number of hydrogen-bond donors (Lipinski definition) is 1. The number of nitrogens with one attached hydrogen (secondary N) is 1. The fraction of sp³-hybridized carbons (Fsp3) is 0.538. The highest BCUT2D eigenvalue weighted by Crippen LogP contribution is 2.26. The second-order valence-corrected chi connectivity index (χ2v) is 6.09. The molecule has 1 aliphatic rings. The van der Waals surface area contributed by atoms with Crippen molar-refractivity contribution >= 4 is 11.3 Å². The zero-order valence-corrected chi connectivity index (χ0v) is 11.6. The third kappa shape index (κ3) is 2.47. The molecule has 0 saturated carbocycles. The summed E-state index contributed by atoms with van der Waals surface area (Å²) in [6.45, 7) is 7.32. The maximum atomic E-state index is 4.53. The largest absolute Gasteiger partial charge is 0.346 e. The minimum Gasteiger partial charge on any atom is -0.346 e. The van der Waals surface area contributed by atoms with Gasteiger partial charge in [-0.3, -0.25) is 4.90 Å². The number of aromatic amines is 1. The molecule has 0 amide bonds. The maximum Gasteiger partial charge on any atom is 0.110 e. The summed E-state index contributed by atoms with van der Waals surface area (Å²) in [6.07, 6.45) is 3.11. The van der Waals surface area contributed by atoms with Crippen molar-refractivity contribution in [2.45, 2.75) is 32.7 Å². The number of aromatic nitrogens is 3. The van der Waals surface area contributed by atoms with Gasteiger partial charge in [-0.05, 0) is 26.8 Å². The first kappa shape index (κ1) is 11.9. The zero-order valence-electron chi connectivity index (χ0n) is 10.8. The molecular weight excluding hydrogens is 244 g/mol. The Labute approximate surface area is 111 Å². The van der Waals surface area contributed by atoms with Crippen LogP contribution in [0.4, 0.5) is 0 Å². The van der Waals surface area contributed by atoms with E-state index in [1.54, 1.807) is 11.3 Å². The lowest BCUT2D eigenvalue weighted by Gasteiger charge is -2.13. The number of H-pyrrole nitrogens is 1. The van der Waals surface area contributed by atoms with Crippen LogP contribution >= 0.6 is 11.3 Å². The minimum absolute atomic E-state index is 0.554. The Morgan fingerprint density at radius 1 is 1.50 bits per heavy atom. The highest BCUT2D eigenvalue weighted by Gasteiger charge is 2.26. The van der Waals surface area contributed by atoms with Crippen molar-refractivity contribution in [3.05, 3.63) is 33.8 Å². The van der Waals surface area contributed by atoms with E-state index in [4.69, 9.17) is 0 Å². The quantitative estimate of drug-likeness (QED) is 0.924. The van der Waals surface area contributed by atoms with Gasteiger partial charge in [0.05, 0.1) is 10.7 Å². The Bertz CT molecular complexity index is 531. The summed E-state index contributed by atoms with van der Waals surface area (Å²) in [4.78, 5) is 14.8. The first-order valence-electron chi connectivity index (χ1n) is 6.35. The lowest BCUT2D eigenvalue weighted by molar-refractivity contribution is 0.322. The summed E-state index contributed by atoms with van der Waals surface area (Å²) < 4.78 is 0. The van der Waals surface area contributed by atoms with E-state index >= 15 is 0 Å². The molecule has 4 nitrogen and oxygen atoms in total. The van der Waals surface area contributed by atoms with Crippen molar-refractivity contribution < 1.29 is 0 Å². The van der Waals surface area contributed by atoms with Gasteiger partial charge in [0, 0.05) is 36.3 Å². The molecule has 1 saturated heterocycles. The Morgan fingerprint density at radius 3 is 3.06 bits per heavy atom. The van der Waals surface area contributed by atoms with Gasteiger partial charge in [0.2, 0.25) is 0 Å². The second kappa shape index (κ2) is 4.82. The molecule has 2 aromatic rings. The minimum atomic E-state index is 0.554. The van der Waals surface area contributed by atoms with Gasteiger partial charge in [0.1, 0.15) is 5.82 Å². The first-order chi connectivity index (χ1) is 8.70. The molecule has 1 N–H and O–H groups in total. The normalized spacial score (nSPS) is 20.7. The Hall–Kier alpha value is -1.20. The lowest BCUT2D eigenvalue weighted by atomic mass is 10.1. The summed E-state index contributed by atoms with van der Waals surface area (Å²) in [7, 11) is 0. The van der Waals surface area contributed by atoms with E-state index in [0.717, 1.165) is 36.2 Å². The number of nitrogens with zero attached hydrogens (tertiary/aromatic N) is 3. The smallest absolute Gasteiger partial charge is 0.110 e. The average molecular weight is 262 g/mol. The Balaban J connectivity index is 1.61. The maximum absolute atomic E-state index is 4.53. The van der Waals surface area contributed by atoms with E-state index in [2.05, 4.69) is 39.1 Å². The van der Waals surface area contributed by atoms with E-state index in [1.807, 2.05) is 6.20 Å². The van der Waals surface area contributed by atoms with Crippen LogP contribution in [-0.2, 0) is 6.54 Å². The zero-order chi connectivity index (χ0) is 12.5. The van der Waals surface area contributed by atoms with E-state index in [-0.39, 0.29) is 0 Å². The molecule has 1 aliphatic heterocycles. The summed E-state index contributed by atoms with van der Waals surface area (Å²) in [5, 5.41) is 3.32. The van der Waals surface area contributed by atoms with Crippen LogP contribution in [0.2, 0.25) is 0 Å². The van der Waals surface area contributed by atoms with Crippen LogP contribution in [0.3, 0.4) is 0 Å². The van der Waals surface area contributed by atoms with Gasteiger partial charge in [0.25, 0.3) is 0 Å². The number of thiazole rings is 1. The second-order valence-electron chi connectivity index (χ2n) is 5.03. The summed E-state index contributed by atoms with van der Waals surface area (Å²) in [5.74, 6) is 1.70. The van der Waals surface area contributed by atoms with E-state index < -0.39 is 0 Å². The molecule has 0 aromatic carbocycles. The first-order valence-corrected chi connectivity index (χ1v) is 7.23. The van der Waals surface area contributed by atoms with Crippen LogP contribution in [0, 0.1) is 13.8 Å². The topological polar surface area (TPSA) is 44.8 Å². The Morgan fingerprint density at radius 2 is 2.39 bits per heavy atom. The molecule has 0 unspecified atom stereocenters. The van der Waals surface area contributed by atoms with Gasteiger partial charge in [-0.2, -0.15) is 0 Å². The number of aryl methyl sites for hydroxylation is 2. The molecule has 18 heavy (non-hydrogen) atoms. The van der Waals surface area contributed by atoms with Crippen LogP contribution in [0.1, 0.15) is 34.6 Å². The molecule has 1 fully saturated rings. The third-order valence-electron chi connectivity index (χ3n) is 3.43. The van der Waals surface area contributed by atoms with Gasteiger partial charge < -0.3 is 4.98 Å². The lowest BCUT2D eigenvalue weighted by Crippen LogP contribution is -2.20. The standard InChI is InChI=1S/C13H18N4S/c1-9-5-14-13(15-9)11-3-4-17(6-11)7-12-8-18-10(2)16-12/h5,8,11H,3-4,6-7H2,1-2H3,(H,14,15)/t11-/m0/s1. The van der Waals surface area contributed by atoms with Crippen LogP contribution in [0.15, 0.2) is 11.6 Å². The molecule has 0 spiro atoms. The summed E-state index contributed by atoms with van der Waals surface area (Å²) in [6, 6.07) is 0. The molecular formula is C13H18N4S. The molecule has 2 aromatic heterocycles. The monoisotopic (exact) mass is 262 g/mol. The summed E-state index contributed by atoms with van der Waals surface area (Å²) in [5.41, 5.74) is 2.35. The van der Waals surface area contributed by atoms with Crippen LogP contribution in [0.25, 0.3) is 0 Å². The number of hydrogen-bond acceptors (Lipinski definition) is 4. The van der Waals surface area contributed by atoms with Crippen molar-refractivity contribution in [1.82, 2.24) is 19.9 Å². The van der Waals surface area contributed by atoms with Gasteiger partial charge in [-0.15, -0.1) is 11.3 Å². The molecule has 0 bridgehead atoms. The van der Waals surface area contributed by atoms with Gasteiger partial charge in [-0.1, -0.05) is 0 Å². The number of likely N-dealkylation sites (tertiary alicyclic amines) is 1. The van der Waals surface area contributed by atoms with Crippen molar-refractivity contribution in [1.29, 1.82) is 0 Å². The molecule has 0 radical (unpaired) electrons. The van der Waals surface area contributed by atoms with Crippen molar-refractivity contribution in [2.75, 3.05) is 13.1 Å². The molecule has 96 valence electrons. The highest BCUT2D eigenvalue weighted by atomic mass is 32.1. The molecule has 3 heterocycles. The Kier molecular flexibility index (Phi) is 3.18. The predicted octanol–water partition coefficient (Wildman–Crippen LogP) is 2.47. The summed E-state index contributed by atoms with van der Waals surface area (Å²) >= 11 is 1.73. The number of imidazole rings is 1. The van der Waals surface area contributed by atoms with Crippen LogP contribution < -0.4 is 0 Å². The number of rotatable bonds is 3. The average Bonchev–Trinajstić information content (AvgIpc) is 3.01. The van der Waals surface area contributed by atoms with Crippen molar-refractivity contribution in [3.8, 4) is 0 Å². The fourth-order valence-electron chi connectivity index (χ4n) is 2.55. The van der Waals surface area contributed by atoms with Gasteiger partial charge in [-0.25, -0.2) is 9.97 Å². The van der Waals surface area contributed by atoms with Gasteiger partial charge in [0.15, 0.2) is 0 Å². The van der Waals surface area contributed by atoms with Crippen LogP contribution in [0.5, 0.6) is 0 Å². The molecule has 5 heteroatoms. The highest BCUT2D eigenvalue weighted by molar-refractivity contribution is 7.09. The van der Waals surface area contributed by atoms with E-state index in [9.17, 15) is 0 Å².